The van der Waals surface area contributed by atoms with Gasteiger partial charge in [0.25, 0.3) is 0 Å². The number of rotatable bonds is 5. The molecule has 1 heterocycles. The molecule has 1 atom stereocenters. The molecule has 3 rings (SSSR count). The third-order valence-corrected chi connectivity index (χ3v) is 4.85. The number of carbonyl (C=O) groups is 1. The average molecular weight is 363 g/mol. The Morgan fingerprint density at radius 2 is 1.89 bits per heavy atom. The highest BCUT2D eigenvalue weighted by Gasteiger charge is 2.26. The van der Waals surface area contributed by atoms with Crippen LogP contribution >= 0.6 is 0 Å². The minimum absolute atomic E-state index is 0.00428. The molecule has 4 nitrogen and oxygen atoms in total. The van der Waals surface area contributed by atoms with Crippen molar-refractivity contribution in [3.63, 3.8) is 0 Å². The fourth-order valence-electron chi connectivity index (χ4n) is 3.41. The van der Waals surface area contributed by atoms with Crippen molar-refractivity contribution in [2.45, 2.75) is 12.8 Å². The van der Waals surface area contributed by atoms with Crippen molar-refractivity contribution in [1.82, 2.24) is 4.90 Å². The van der Waals surface area contributed by atoms with Gasteiger partial charge in [-0.2, -0.15) is 0 Å². The summed E-state index contributed by atoms with van der Waals surface area (Å²) < 4.78 is 10.6. The molecular weight excluding hydrogens is 338 g/mol. The van der Waals surface area contributed by atoms with E-state index in [4.69, 9.17) is 9.47 Å². The summed E-state index contributed by atoms with van der Waals surface area (Å²) >= 11 is 0. The maximum atomic E-state index is 12.9. The standard InChI is InChI=1S/C23H25NO3/c1-26-21-13-12-19(16-22(21)27-2)23(25)20-11-7-15-24(17-20)14-6-10-18-8-4-3-5-9-18/h3-5,8-9,12-13,16,20H,7,11,14-15,17H2,1-2H3. The summed E-state index contributed by atoms with van der Waals surface area (Å²) in [5.41, 5.74) is 1.70. The summed E-state index contributed by atoms with van der Waals surface area (Å²) in [6, 6.07) is 15.4. The van der Waals surface area contributed by atoms with Crippen molar-refractivity contribution in [1.29, 1.82) is 0 Å². The molecule has 1 aliphatic heterocycles. The van der Waals surface area contributed by atoms with E-state index >= 15 is 0 Å². The molecular formula is C23H25NO3. The Kier molecular flexibility index (Phi) is 6.51. The van der Waals surface area contributed by atoms with E-state index in [1.165, 1.54) is 0 Å². The highest BCUT2D eigenvalue weighted by Crippen LogP contribution is 2.29. The SMILES string of the molecule is COc1ccc(C(=O)C2CCCN(CC#Cc3ccccc3)C2)cc1OC. The molecule has 0 amide bonds. The number of nitrogens with zero attached hydrogens (tertiary/aromatic N) is 1. The van der Waals surface area contributed by atoms with Crippen LogP contribution in [-0.4, -0.2) is 44.5 Å². The first-order valence-corrected chi connectivity index (χ1v) is 9.23. The Morgan fingerprint density at radius 3 is 2.63 bits per heavy atom. The van der Waals surface area contributed by atoms with Gasteiger partial charge in [-0.3, -0.25) is 9.69 Å². The third-order valence-electron chi connectivity index (χ3n) is 4.85. The summed E-state index contributed by atoms with van der Waals surface area (Å²) in [6.45, 7) is 2.42. The molecule has 0 bridgehead atoms. The number of likely N-dealkylation sites (tertiary alicyclic amines) is 1. The highest BCUT2D eigenvalue weighted by atomic mass is 16.5. The first-order valence-electron chi connectivity index (χ1n) is 9.23. The Balaban J connectivity index is 1.64. The fraction of sp³-hybridized carbons (Fsp3) is 0.348. The number of hydrogen-bond donors (Lipinski definition) is 0. The van der Waals surface area contributed by atoms with Gasteiger partial charge in [0, 0.05) is 23.6 Å². The van der Waals surface area contributed by atoms with Crippen molar-refractivity contribution in [2.75, 3.05) is 33.9 Å². The first kappa shape index (κ1) is 19.0. The van der Waals surface area contributed by atoms with Gasteiger partial charge in [0.05, 0.1) is 20.8 Å². The molecule has 1 saturated heterocycles. The number of ketones is 1. The van der Waals surface area contributed by atoms with Crippen LogP contribution in [0, 0.1) is 17.8 Å². The molecule has 0 aliphatic carbocycles. The third kappa shape index (κ3) is 4.90. The summed E-state index contributed by atoms with van der Waals surface area (Å²) in [5.74, 6) is 7.80. The maximum Gasteiger partial charge on any atom is 0.167 e. The summed E-state index contributed by atoms with van der Waals surface area (Å²) in [7, 11) is 3.18. The van der Waals surface area contributed by atoms with Crippen molar-refractivity contribution in [2.24, 2.45) is 5.92 Å². The van der Waals surface area contributed by atoms with E-state index in [1.807, 2.05) is 36.4 Å². The fourth-order valence-corrected chi connectivity index (χ4v) is 3.41. The Morgan fingerprint density at radius 1 is 1.11 bits per heavy atom. The highest BCUT2D eigenvalue weighted by molar-refractivity contribution is 5.98. The van der Waals surface area contributed by atoms with Crippen LogP contribution in [-0.2, 0) is 0 Å². The van der Waals surface area contributed by atoms with Crippen LogP contribution in [0.15, 0.2) is 48.5 Å². The lowest BCUT2D eigenvalue weighted by Crippen LogP contribution is -2.38. The van der Waals surface area contributed by atoms with E-state index in [-0.39, 0.29) is 11.7 Å². The number of Topliss-reactive ketones (excluding diaryl/α,β-unsaturated/α-hetero) is 1. The molecule has 0 spiro atoms. The van der Waals surface area contributed by atoms with E-state index in [2.05, 4.69) is 16.7 Å². The number of methoxy groups -OCH3 is 2. The van der Waals surface area contributed by atoms with E-state index < -0.39 is 0 Å². The number of ether oxygens (including phenoxy) is 2. The van der Waals surface area contributed by atoms with E-state index in [0.29, 0.717) is 23.6 Å². The van der Waals surface area contributed by atoms with E-state index in [0.717, 1.165) is 31.5 Å². The van der Waals surface area contributed by atoms with Gasteiger partial charge in [-0.1, -0.05) is 30.0 Å². The number of piperidine rings is 1. The van der Waals surface area contributed by atoms with Crippen LogP contribution in [0.1, 0.15) is 28.8 Å². The molecule has 0 N–H and O–H groups in total. The lowest BCUT2D eigenvalue weighted by atomic mass is 9.90. The van der Waals surface area contributed by atoms with Crippen LogP contribution in [0.4, 0.5) is 0 Å². The lowest BCUT2D eigenvalue weighted by Gasteiger charge is -2.30. The van der Waals surface area contributed by atoms with Gasteiger partial charge < -0.3 is 9.47 Å². The van der Waals surface area contributed by atoms with E-state index in [9.17, 15) is 4.79 Å². The van der Waals surface area contributed by atoms with Gasteiger partial charge in [0.15, 0.2) is 17.3 Å². The van der Waals surface area contributed by atoms with Crippen molar-refractivity contribution >= 4 is 5.78 Å². The number of hydrogen-bond acceptors (Lipinski definition) is 4. The number of carbonyl (C=O) groups excluding carboxylic acids is 1. The molecule has 1 unspecified atom stereocenters. The molecule has 0 aromatic heterocycles. The first-order chi connectivity index (χ1) is 13.2. The predicted octanol–water partition coefficient (Wildman–Crippen LogP) is 3.65. The van der Waals surface area contributed by atoms with Gasteiger partial charge in [0.2, 0.25) is 0 Å². The number of benzene rings is 2. The quantitative estimate of drug-likeness (QED) is 0.600. The zero-order valence-electron chi connectivity index (χ0n) is 15.9. The lowest BCUT2D eigenvalue weighted by molar-refractivity contribution is 0.0833. The minimum Gasteiger partial charge on any atom is -0.493 e. The van der Waals surface area contributed by atoms with Crippen LogP contribution in [0.5, 0.6) is 11.5 Å². The van der Waals surface area contributed by atoms with Crippen molar-refractivity contribution in [3.05, 3.63) is 59.7 Å². The average Bonchev–Trinajstić information content (AvgIpc) is 2.73. The van der Waals surface area contributed by atoms with Crippen LogP contribution in [0.3, 0.4) is 0 Å². The van der Waals surface area contributed by atoms with Crippen molar-refractivity contribution < 1.29 is 14.3 Å². The zero-order valence-corrected chi connectivity index (χ0v) is 15.9. The minimum atomic E-state index is -0.00428. The van der Waals surface area contributed by atoms with Crippen LogP contribution in [0.2, 0.25) is 0 Å². The van der Waals surface area contributed by atoms with Crippen LogP contribution < -0.4 is 9.47 Å². The topological polar surface area (TPSA) is 38.8 Å². The zero-order chi connectivity index (χ0) is 19.1. The summed E-state index contributed by atoms with van der Waals surface area (Å²) in [4.78, 5) is 15.2. The van der Waals surface area contributed by atoms with Crippen LogP contribution in [0.25, 0.3) is 0 Å². The normalized spacial score (nSPS) is 16.9. The Labute approximate surface area is 161 Å². The van der Waals surface area contributed by atoms with Gasteiger partial charge in [-0.15, -0.1) is 0 Å². The molecule has 27 heavy (non-hydrogen) atoms. The summed E-state index contributed by atoms with van der Waals surface area (Å²) in [5, 5.41) is 0. The molecule has 0 saturated carbocycles. The second-order valence-electron chi connectivity index (χ2n) is 6.68. The second-order valence-corrected chi connectivity index (χ2v) is 6.68. The smallest absolute Gasteiger partial charge is 0.167 e. The van der Waals surface area contributed by atoms with Crippen molar-refractivity contribution in [3.8, 4) is 23.3 Å². The van der Waals surface area contributed by atoms with E-state index in [1.54, 1.807) is 26.4 Å². The molecule has 1 aliphatic rings. The molecule has 140 valence electrons. The molecule has 1 fully saturated rings. The van der Waals surface area contributed by atoms with Gasteiger partial charge in [-0.25, -0.2) is 0 Å². The monoisotopic (exact) mass is 363 g/mol. The predicted molar refractivity (Wildman–Crippen MR) is 106 cm³/mol. The second kappa shape index (κ2) is 9.25. The Hall–Kier alpha value is -2.77. The van der Waals surface area contributed by atoms with Gasteiger partial charge in [-0.05, 0) is 49.7 Å². The van der Waals surface area contributed by atoms with Gasteiger partial charge in [0.1, 0.15) is 0 Å². The molecule has 2 aromatic rings. The molecule has 2 aromatic carbocycles. The van der Waals surface area contributed by atoms with Gasteiger partial charge >= 0.3 is 0 Å². The maximum absolute atomic E-state index is 12.9. The molecule has 4 heteroatoms. The summed E-state index contributed by atoms with van der Waals surface area (Å²) in [6.07, 6.45) is 1.92. The molecule has 0 radical (unpaired) electrons. The Bertz CT molecular complexity index is 836. The largest absolute Gasteiger partial charge is 0.493 e.